The number of nitrogens with zero attached hydrogens (tertiary/aromatic N) is 2. The molecule has 1 aromatic carbocycles. The second-order valence-electron chi connectivity index (χ2n) is 7.29. The highest BCUT2D eigenvalue weighted by Crippen LogP contribution is 2.27. The normalized spacial score (nSPS) is 12.7. The van der Waals surface area contributed by atoms with Gasteiger partial charge < -0.3 is 14.2 Å². The van der Waals surface area contributed by atoms with E-state index in [0.717, 1.165) is 5.56 Å². The van der Waals surface area contributed by atoms with Crippen molar-refractivity contribution in [2.45, 2.75) is 44.4 Å². The van der Waals surface area contributed by atoms with Gasteiger partial charge in [0.1, 0.15) is 5.76 Å². The van der Waals surface area contributed by atoms with Crippen LogP contribution in [0, 0.1) is 0 Å². The van der Waals surface area contributed by atoms with E-state index in [1.54, 1.807) is 12.3 Å². The lowest BCUT2D eigenvalue weighted by Gasteiger charge is -2.18. The summed E-state index contributed by atoms with van der Waals surface area (Å²) in [6, 6.07) is 11.5. The van der Waals surface area contributed by atoms with Crippen molar-refractivity contribution in [2.24, 2.45) is 0 Å². The zero-order valence-corrected chi connectivity index (χ0v) is 16.7. The molecule has 1 unspecified atom stereocenters. The molecule has 1 amide bonds. The number of hydrogen-bond acceptors (Lipinski definition) is 6. The molecule has 0 aliphatic rings. The molecule has 0 aliphatic carbocycles. The first kappa shape index (κ1) is 19.2. The second-order valence-corrected chi connectivity index (χ2v) is 8.22. The average molecular weight is 385 g/mol. The van der Waals surface area contributed by atoms with E-state index in [4.69, 9.17) is 8.83 Å². The summed E-state index contributed by atoms with van der Waals surface area (Å²) in [5, 5.41) is 11.3. The van der Waals surface area contributed by atoms with E-state index < -0.39 is 0 Å². The summed E-state index contributed by atoms with van der Waals surface area (Å²) >= 11 is 1.21. The summed E-state index contributed by atoms with van der Waals surface area (Å²) in [6.07, 6.45) is 1.58. The molecule has 27 heavy (non-hydrogen) atoms. The van der Waals surface area contributed by atoms with Crippen molar-refractivity contribution in [3.63, 3.8) is 0 Å². The van der Waals surface area contributed by atoms with E-state index in [2.05, 4.69) is 48.4 Å². The van der Waals surface area contributed by atoms with E-state index >= 15 is 0 Å². The van der Waals surface area contributed by atoms with Gasteiger partial charge in [0.2, 0.25) is 11.8 Å². The number of aromatic nitrogens is 2. The minimum absolute atomic E-state index is 0.0918. The number of hydrogen-bond donors (Lipinski definition) is 1. The molecule has 0 fully saturated rings. The molecule has 0 radical (unpaired) electrons. The first-order valence-corrected chi connectivity index (χ1v) is 9.71. The van der Waals surface area contributed by atoms with Crippen LogP contribution in [0.5, 0.6) is 0 Å². The number of benzene rings is 1. The van der Waals surface area contributed by atoms with Gasteiger partial charge in [-0.25, -0.2) is 0 Å². The monoisotopic (exact) mass is 385 g/mol. The lowest BCUT2D eigenvalue weighted by Crippen LogP contribution is -2.27. The van der Waals surface area contributed by atoms with Crippen LogP contribution in [0.1, 0.15) is 45.1 Å². The molecule has 7 heteroatoms. The fraction of sp³-hybridized carbons (Fsp3) is 0.350. The van der Waals surface area contributed by atoms with Crippen molar-refractivity contribution in [1.29, 1.82) is 0 Å². The SMILES string of the molecule is CC(NC(=O)CSc1nnc(-c2ccc(C(C)(C)C)cc2)o1)c1ccco1. The molecule has 0 spiro atoms. The largest absolute Gasteiger partial charge is 0.467 e. The molecule has 2 heterocycles. The Hall–Kier alpha value is -2.54. The molecule has 142 valence electrons. The van der Waals surface area contributed by atoms with Gasteiger partial charge in [-0.3, -0.25) is 4.79 Å². The summed E-state index contributed by atoms with van der Waals surface area (Å²) in [6.45, 7) is 8.37. The molecule has 3 rings (SSSR count). The van der Waals surface area contributed by atoms with Crippen LogP contribution >= 0.6 is 11.8 Å². The van der Waals surface area contributed by atoms with Crippen LogP contribution in [0.4, 0.5) is 0 Å². The Morgan fingerprint density at radius 1 is 1.19 bits per heavy atom. The predicted molar refractivity (Wildman–Crippen MR) is 104 cm³/mol. The standard InChI is InChI=1S/C20H23N3O3S/c1-13(16-6-5-11-25-16)21-17(24)12-27-19-23-22-18(26-19)14-7-9-15(10-8-14)20(2,3)4/h5-11,13H,12H2,1-4H3,(H,21,24). The molecule has 1 N–H and O–H groups in total. The first-order chi connectivity index (χ1) is 12.8. The van der Waals surface area contributed by atoms with Crippen LogP contribution in [0.25, 0.3) is 11.5 Å². The number of carbonyl (C=O) groups is 1. The quantitative estimate of drug-likeness (QED) is 0.625. The van der Waals surface area contributed by atoms with Crippen molar-refractivity contribution < 1.29 is 13.6 Å². The number of carbonyl (C=O) groups excluding carboxylic acids is 1. The minimum Gasteiger partial charge on any atom is -0.467 e. The summed E-state index contributed by atoms with van der Waals surface area (Å²) in [5.41, 5.74) is 2.19. The van der Waals surface area contributed by atoms with Gasteiger partial charge in [-0.2, -0.15) is 0 Å². The number of nitrogens with one attached hydrogen (secondary N) is 1. The van der Waals surface area contributed by atoms with E-state index in [0.29, 0.717) is 16.9 Å². The zero-order chi connectivity index (χ0) is 19.4. The average Bonchev–Trinajstić information content (AvgIpc) is 3.31. The van der Waals surface area contributed by atoms with Crippen molar-refractivity contribution >= 4 is 17.7 Å². The van der Waals surface area contributed by atoms with Crippen LogP contribution in [0.2, 0.25) is 0 Å². The number of furan rings is 1. The van der Waals surface area contributed by atoms with Crippen LogP contribution in [-0.4, -0.2) is 21.9 Å². The van der Waals surface area contributed by atoms with Crippen molar-refractivity contribution in [3.05, 3.63) is 54.0 Å². The lowest BCUT2D eigenvalue weighted by molar-refractivity contribution is -0.119. The molecular weight excluding hydrogens is 362 g/mol. The molecule has 1 atom stereocenters. The van der Waals surface area contributed by atoms with Crippen molar-refractivity contribution in [3.8, 4) is 11.5 Å². The fourth-order valence-electron chi connectivity index (χ4n) is 2.52. The van der Waals surface area contributed by atoms with Crippen molar-refractivity contribution in [1.82, 2.24) is 15.5 Å². The van der Waals surface area contributed by atoms with Gasteiger partial charge in [0, 0.05) is 5.56 Å². The smallest absolute Gasteiger partial charge is 0.277 e. The van der Waals surface area contributed by atoms with Gasteiger partial charge in [0.25, 0.3) is 5.22 Å². The van der Waals surface area contributed by atoms with Gasteiger partial charge in [0.05, 0.1) is 18.1 Å². The maximum Gasteiger partial charge on any atom is 0.277 e. The topological polar surface area (TPSA) is 81.2 Å². The predicted octanol–water partition coefficient (Wildman–Crippen LogP) is 4.60. The summed E-state index contributed by atoms with van der Waals surface area (Å²) in [4.78, 5) is 12.1. The molecule has 0 saturated heterocycles. The fourth-order valence-corrected chi connectivity index (χ4v) is 3.09. The lowest BCUT2D eigenvalue weighted by atomic mass is 9.87. The van der Waals surface area contributed by atoms with Gasteiger partial charge >= 0.3 is 0 Å². The Morgan fingerprint density at radius 2 is 1.93 bits per heavy atom. The Morgan fingerprint density at radius 3 is 2.56 bits per heavy atom. The molecule has 0 saturated carbocycles. The Labute approximate surface area is 162 Å². The van der Waals surface area contributed by atoms with Gasteiger partial charge in [-0.15, -0.1) is 10.2 Å². The van der Waals surface area contributed by atoms with Crippen LogP contribution in [-0.2, 0) is 10.2 Å². The molecular formula is C20H23N3O3S. The third-order valence-corrected chi connectivity index (χ3v) is 4.90. The zero-order valence-electron chi connectivity index (χ0n) is 15.9. The maximum absolute atomic E-state index is 12.1. The highest BCUT2D eigenvalue weighted by Gasteiger charge is 2.16. The molecule has 0 bridgehead atoms. The first-order valence-electron chi connectivity index (χ1n) is 8.73. The van der Waals surface area contributed by atoms with Crippen LogP contribution in [0.15, 0.2) is 56.7 Å². The Bertz CT molecular complexity index is 880. The van der Waals surface area contributed by atoms with Gasteiger partial charge in [-0.05, 0) is 42.2 Å². The van der Waals surface area contributed by atoms with E-state index in [-0.39, 0.29) is 23.1 Å². The highest BCUT2D eigenvalue weighted by atomic mass is 32.2. The third kappa shape index (κ3) is 5.01. The van der Waals surface area contributed by atoms with Crippen LogP contribution in [0.3, 0.4) is 0 Å². The minimum atomic E-state index is -0.187. The molecule has 2 aromatic heterocycles. The summed E-state index contributed by atoms with van der Waals surface area (Å²) < 4.78 is 10.9. The summed E-state index contributed by atoms with van der Waals surface area (Å²) in [5.74, 6) is 1.22. The number of rotatable bonds is 6. The molecule has 0 aliphatic heterocycles. The van der Waals surface area contributed by atoms with Crippen LogP contribution < -0.4 is 5.32 Å². The Kier molecular flexibility index (Phi) is 5.70. The van der Waals surface area contributed by atoms with Gasteiger partial charge in [-0.1, -0.05) is 44.7 Å². The van der Waals surface area contributed by atoms with E-state index in [1.165, 1.54) is 17.3 Å². The Balaban J connectivity index is 1.55. The number of amides is 1. The van der Waals surface area contributed by atoms with Gasteiger partial charge in [0.15, 0.2) is 0 Å². The summed E-state index contributed by atoms with van der Waals surface area (Å²) in [7, 11) is 0. The molecule has 6 nitrogen and oxygen atoms in total. The highest BCUT2D eigenvalue weighted by molar-refractivity contribution is 7.99. The third-order valence-electron chi connectivity index (χ3n) is 4.08. The molecule has 3 aromatic rings. The number of thioether (sulfide) groups is 1. The van der Waals surface area contributed by atoms with Crippen molar-refractivity contribution in [2.75, 3.05) is 5.75 Å². The maximum atomic E-state index is 12.1. The van der Waals surface area contributed by atoms with E-state index in [9.17, 15) is 4.79 Å². The second kappa shape index (κ2) is 8.00. The van der Waals surface area contributed by atoms with E-state index in [1.807, 2.05) is 25.1 Å².